The molecule has 0 spiro atoms. The molecule has 0 aliphatic carbocycles. The highest BCUT2D eigenvalue weighted by molar-refractivity contribution is 5.92. The number of amides is 2. The quantitative estimate of drug-likeness (QED) is 0.771. The summed E-state index contributed by atoms with van der Waals surface area (Å²) in [6, 6.07) is 3.54. The van der Waals surface area contributed by atoms with Gasteiger partial charge in [-0.05, 0) is 17.5 Å². The molecule has 3 aromatic heterocycles. The van der Waals surface area contributed by atoms with Crippen molar-refractivity contribution in [3.05, 3.63) is 36.6 Å². The number of rotatable bonds is 2. The third kappa shape index (κ3) is 3.29. The number of ether oxygens (including phenoxy) is 1. The highest BCUT2D eigenvalue weighted by atomic mass is 16.5. The second-order valence-electron chi connectivity index (χ2n) is 5.76. The van der Waals surface area contributed by atoms with Crippen LogP contribution in [0.5, 0.6) is 0 Å². The molecular formula is C17H17N5O3. The zero-order valence-corrected chi connectivity index (χ0v) is 13.7. The van der Waals surface area contributed by atoms with E-state index < -0.39 is 0 Å². The molecule has 1 aliphatic rings. The van der Waals surface area contributed by atoms with Crippen LogP contribution in [-0.4, -0.2) is 52.2 Å². The van der Waals surface area contributed by atoms with Gasteiger partial charge < -0.3 is 14.1 Å². The average Bonchev–Trinajstić information content (AvgIpc) is 3.08. The Hall–Kier alpha value is -3.00. The number of hydrogen-bond donors (Lipinski definition) is 1. The van der Waals surface area contributed by atoms with Crippen molar-refractivity contribution in [2.75, 3.05) is 31.6 Å². The monoisotopic (exact) mass is 339 g/mol. The topological polar surface area (TPSA) is 93.4 Å². The van der Waals surface area contributed by atoms with E-state index in [0.29, 0.717) is 49.5 Å². The van der Waals surface area contributed by atoms with Gasteiger partial charge in [0.2, 0.25) is 0 Å². The number of morpholine rings is 1. The van der Waals surface area contributed by atoms with Crippen molar-refractivity contribution in [2.45, 2.75) is 6.92 Å². The van der Waals surface area contributed by atoms with Crippen LogP contribution in [0, 0.1) is 6.92 Å². The van der Waals surface area contributed by atoms with Crippen LogP contribution in [0.4, 0.5) is 10.6 Å². The van der Waals surface area contributed by atoms with Gasteiger partial charge in [0, 0.05) is 37.8 Å². The molecule has 0 aromatic carbocycles. The van der Waals surface area contributed by atoms with Crippen LogP contribution in [0.3, 0.4) is 0 Å². The van der Waals surface area contributed by atoms with Gasteiger partial charge >= 0.3 is 6.03 Å². The van der Waals surface area contributed by atoms with E-state index in [1.165, 1.54) is 0 Å². The lowest BCUT2D eigenvalue weighted by Crippen LogP contribution is -2.43. The first-order valence-corrected chi connectivity index (χ1v) is 8.01. The number of carbonyl (C=O) groups is 1. The number of nitrogens with one attached hydrogen (secondary N) is 1. The van der Waals surface area contributed by atoms with Crippen molar-refractivity contribution in [1.82, 2.24) is 19.9 Å². The number of urea groups is 1. The van der Waals surface area contributed by atoms with E-state index in [1.54, 1.807) is 30.4 Å². The normalized spacial score (nSPS) is 14.7. The van der Waals surface area contributed by atoms with Gasteiger partial charge in [-0.15, -0.1) is 0 Å². The highest BCUT2D eigenvalue weighted by Crippen LogP contribution is 2.23. The van der Waals surface area contributed by atoms with Gasteiger partial charge in [-0.2, -0.15) is 0 Å². The second-order valence-corrected chi connectivity index (χ2v) is 5.76. The van der Waals surface area contributed by atoms with Crippen molar-refractivity contribution < 1.29 is 13.9 Å². The maximum absolute atomic E-state index is 12.3. The summed E-state index contributed by atoms with van der Waals surface area (Å²) < 4.78 is 10.8. The molecule has 8 heteroatoms. The number of aryl methyl sites for hydroxylation is 1. The predicted molar refractivity (Wildman–Crippen MR) is 91.2 cm³/mol. The maximum atomic E-state index is 12.3. The van der Waals surface area contributed by atoms with E-state index in [2.05, 4.69) is 20.3 Å². The van der Waals surface area contributed by atoms with Crippen molar-refractivity contribution >= 4 is 22.6 Å². The molecule has 4 heterocycles. The molecule has 1 saturated heterocycles. The van der Waals surface area contributed by atoms with Gasteiger partial charge in [0.05, 0.1) is 19.4 Å². The van der Waals surface area contributed by atoms with Gasteiger partial charge in [0.1, 0.15) is 11.5 Å². The summed E-state index contributed by atoms with van der Waals surface area (Å²) >= 11 is 0. The molecule has 0 unspecified atom stereocenters. The number of hydrogen-bond acceptors (Lipinski definition) is 6. The summed E-state index contributed by atoms with van der Waals surface area (Å²) in [5.74, 6) is 1.69. The SMILES string of the molecule is Cc1ncc(-c2cc3cc(NC(=O)N4CCOCC4)ncc3cn2)o1. The molecule has 0 atom stereocenters. The van der Waals surface area contributed by atoms with E-state index in [1.807, 2.05) is 12.1 Å². The zero-order valence-electron chi connectivity index (χ0n) is 13.7. The molecule has 1 N–H and O–H groups in total. The Balaban J connectivity index is 1.59. The maximum Gasteiger partial charge on any atom is 0.323 e. The third-order valence-corrected chi connectivity index (χ3v) is 4.01. The van der Waals surface area contributed by atoms with Crippen molar-refractivity contribution in [2.24, 2.45) is 0 Å². The minimum absolute atomic E-state index is 0.171. The van der Waals surface area contributed by atoms with Crippen LogP contribution in [0.25, 0.3) is 22.2 Å². The van der Waals surface area contributed by atoms with Crippen LogP contribution in [-0.2, 0) is 4.74 Å². The van der Waals surface area contributed by atoms with E-state index in [9.17, 15) is 4.79 Å². The predicted octanol–water partition coefficient (Wildman–Crippen LogP) is 2.46. The Bertz CT molecular complexity index is 918. The molecule has 8 nitrogen and oxygen atoms in total. The van der Waals surface area contributed by atoms with Gasteiger partial charge in [-0.3, -0.25) is 10.3 Å². The summed E-state index contributed by atoms with van der Waals surface area (Å²) in [7, 11) is 0. The molecular weight excluding hydrogens is 322 g/mol. The number of nitrogens with zero attached hydrogens (tertiary/aromatic N) is 4. The molecule has 25 heavy (non-hydrogen) atoms. The van der Waals surface area contributed by atoms with Crippen LogP contribution >= 0.6 is 0 Å². The minimum Gasteiger partial charge on any atom is -0.439 e. The van der Waals surface area contributed by atoms with E-state index in [4.69, 9.17) is 9.15 Å². The molecule has 3 aromatic rings. The molecule has 0 bridgehead atoms. The van der Waals surface area contributed by atoms with Crippen molar-refractivity contribution in [1.29, 1.82) is 0 Å². The Morgan fingerprint density at radius 2 is 1.88 bits per heavy atom. The Morgan fingerprint density at radius 3 is 2.64 bits per heavy atom. The van der Waals surface area contributed by atoms with E-state index in [0.717, 1.165) is 10.8 Å². The number of fused-ring (bicyclic) bond motifs is 1. The number of anilines is 1. The van der Waals surface area contributed by atoms with Gasteiger partial charge in [-0.1, -0.05) is 0 Å². The first-order chi connectivity index (χ1) is 12.2. The fraction of sp³-hybridized carbons (Fsp3) is 0.294. The molecule has 1 aliphatic heterocycles. The average molecular weight is 339 g/mol. The third-order valence-electron chi connectivity index (χ3n) is 4.01. The number of pyridine rings is 2. The Labute approximate surface area is 143 Å². The molecule has 2 amide bonds. The van der Waals surface area contributed by atoms with E-state index in [-0.39, 0.29) is 6.03 Å². The lowest BCUT2D eigenvalue weighted by molar-refractivity contribution is 0.0564. The van der Waals surface area contributed by atoms with Crippen molar-refractivity contribution in [3.8, 4) is 11.5 Å². The van der Waals surface area contributed by atoms with Gasteiger partial charge in [-0.25, -0.2) is 14.8 Å². The zero-order chi connectivity index (χ0) is 17.2. The van der Waals surface area contributed by atoms with Gasteiger partial charge in [0.25, 0.3) is 0 Å². The standard InChI is InChI=1S/C17H17N5O3/c1-11-18-10-15(25-11)14-6-12-7-16(20-9-13(12)8-19-14)21-17(23)22-2-4-24-5-3-22/h6-10H,2-5H2,1H3,(H,20,21,23). The minimum atomic E-state index is -0.171. The summed E-state index contributed by atoms with van der Waals surface area (Å²) in [5, 5.41) is 4.62. The summed E-state index contributed by atoms with van der Waals surface area (Å²) in [6.07, 6.45) is 5.06. The van der Waals surface area contributed by atoms with Crippen LogP contribution < -0.4 is 5.32 Å². The molecule has 0 saturated carbocycles. The van der Waals surface area contributed by atoms with Gasteiger partial charge in [0.15, 0.2) is 11.7 Å². The smallest absolute Gasteiger partial charge is 0.323 e. The lowest BCUT2D eigenvalue weighted by Gasteiger charge is -2.26. The van der Waals surface area contributed by atoms with Crippen molar-refractivity contribution in [3.63, 3.8) is 0 Å². The first kappa shape index (κ1) is 15.5. The van der Waals surface area contributed by atoms with Crippen LogP contribution in [0.15, 0.2) is 35.1 Å². The number of carbonyl (C=O) groups excluding carboxylic acids is 1. The Kier molecular flexibility index (Phi) is 4.02. The summed E-state index contributed by atoms with van der Waals surface area (Å²) in [4.78, 5) is 26.7. The summed E-state index contributed by atoms with van der Waals surface area (Å²) in [5.41, 5.74) is 0.685. The molecule has 4 rings (SSSR count). The summed E-state index contributed by atoms with van der Waals surface area (Å²) in [6.45, 7) is 4.07. The van der Waals surface area contributed by atoms with Crippen LogP contribution in [0.2, 0.25) is 0 Å². The fourth-order valence-electron chi connectivity index (χ4n) is 2.68. The second kappa shape index (κ2) is 6.48. The number of oxazole rings is 1. The fourth-order valence-corrected chi connectivity index (χ4v) is 2.68. The largest absolute Gasteiger partial charge is 0.439 e. The highest BCUT2D eigenvalue weighted by Gasteiger charge is 2.17. The molecule has 0 radical (unpaired) electrons. The number of aromatic nitrogens is 3. The molecule has 1 fully saturated rings. The Morgan fingerprint density at radius 1 is 1.08 bits per heavy atom. The lowest BCUT2D eigenvalue weighted by atomic mass is 10.2. The first-order valence-electron chi connectivity index (χ1n) is 8.01. The molecule has 128 valence electrons. The van der Waals surface area contributed by atoms with Crippen LogP contribution in [0.1, 0.15) is 5.89 Å². The van der Waals surface area contributed by atoms with E-state index >= 15 is 0 Å².